The molecule has 1 aliphatic heterocycles. The SMILES string of the molecule is O=c1[nH]c(=S)n(-c2ccc(F)cc2)c(O)c1[C@H]1[NH2+]CCc2ccccc21. The second kappa shape index (κ2) is 6.51. The van der Waals surface area contributed by atoms with Gasteiger partial charge in [-0.1, -0.05) is 24.3 Å². The first-order valence-electron chi connectivity index (χ1n) is 8.31. The molecule has 0 unspecified atom stereocenters. The van der Waals surface area contributed by atoms with Crippen LogP contribution in [-0.2, 0) is 6.42 Å². The van der Waals surface area contributed by atoms with Gasteiger partial charge in [0.25, 0.3) is 5.56 Å². The maximum Gasteiger partial charge on any atom is 0.265 e. The van der Waals surface area contributed by atoms with Gasteiger partial charge < -0.3 is 10.4 Å². The highest BCUT2D eigenvalue weighted by atomic mass is 32.1. The summed E-state index contributed by atoms with van der Waals surface area (Å²) >= 11 is 5.22. The van der Waals surface area contributed by atoms with Crippen LogP contribution >= 0.6 is 12.2 Å². The minimum Gasteiger partial charge on any atom is -0.494 e. The average molecular weight is 370 g/mol. The number of nitrogens with zero attached hydrogens (tertiary/aromatic N) is 1. The number of hydrogen-bond acceptors (Lipinski definition) is 3. The average Bonchev–Trinajstić information content (AvgIpc) is 2.63. The summed E-state index contributed by atoms with van der Waals surface area (Å²) in [5.74, 6) is -0.609. The summed E-state index contributed by atoms with van der Waals surface area (Å²) in [7, 11) is 0. The third kappa shape index (κ3) is 2.75. The molecule has 1 aliphatic rings. The molecule has 26 heavy (non-hydrogen) atoms. The van der Waals surface area contributed by atoms with Crippen molar-refractivity contribution in [1.82, 2.24) is 9.55 Å². The van der Waals surface area contributed by atoms with Crippen molar-refractivity contribution in [2.24, 2.45) is 0 Å². The van der Waals surface area contributed by atoms with Crippen LogP contribution < -0.4 is 10.9 Å². The number of rotatable bonds is 2. The molecule has 1 atom stereocenters. The van der Waals surface area contributed by atoms with Crippen LogP contribution in [0.5, 0.6) is 5.88 Å². The van der Waals surface area contributed by atoms with Crippen molar-refractivity contribution in [2.75, 3.05) is 6.54 Å². The maximum atomic E-state index is 13.2. The topological polar surface area (TPSA) is 74.6 Å². The van der Waals surface area contributed by atoms with Gasteiger partial charge >= 0.3 is 0 Å². The third-order valence-electron chi connectivity index (χ3n) is 4.72. The van der Waals surface area contributed by atoms with Gasteiger partial charge in [-0.2, -0.15) is 0 Å². The lowest BCUT2D eigenvalue weighted by molar-refractivity contribution is -0.690. The quantitative estimate of drug-likeness (QED) is 0.604. The van der Waals surface area contributed by atoms with E-state index in [0.29, 0.717) is 5.69 Å². The van der Waals surface area contributed by atoms with E-state index in [1.807, 2.05) is 29.6 Å². The highest BCUT2D eigenvalue weighted by Gasteiger charge is 2.31. The lowest BCUT2D eigenvalue weighted by Gasteiger charge is -2.24. The zero-order valence-electron chi connectivity index (χ0n) is 13.8. The van der Waals surface area contributed by atoms with Crippen molar-refractivity contribution in [3.63, 3.8) is 0 Å². The van der Waals surface area contributed by atoms with E-state index >= 15 is 0 Å². The molecule has 0 saturated carbocycles. The van der Waals surface area contributed by atoms with Crippen LogP contribution in [0.15, 0.2) is 53.3 Å². The van der Waals surface area contributed by atoms with Crippen molar-refractivity contribution in [1.29, 1.82) is 0 Å². The van der Waals surface area contributed by atoms with Crippen LogP contribution in [0.25, 0.3) is 5.69 Å². The molecule has 0 aliphatic carbocycles. The predicted octanol–water partition coefficient (Wildman–Crippen LogP) is 1.95. The summed E-state index contributed by atoms with van der Waals surface area (Å²) in [5.41, 5.74) is 2.48. The monoisotopic (exact) mass is 370 g/mol. The first-order chi connectivity index (χ1) is 12.6. The third-order valence-corrected chi connectivity index (χ3v) is 5.01. The number of nitrogens with one attached hydrogen (secondary N) is 1. The Morgan fingerprint density at radius 1 is 1.19 bits per heavy atom. The summed E-state index contributed by atoms with van der Waals surface area (Å²) in [4.78, 5) is 15.3. The van der Waals surface area contributed by atoms with Crippen molar-refractivity contribution in [3.8, 4) is 11.6 Å². The summed E-state index contributed by atoms with van der Waals surface area (Å²) in [6, 6.07) is 13.1. The molecule has 132 valence electrons. The Kier molecular flexibility index (Phi) is 4.18. The molecule has 0 bridgehead atoms. The van der Waals surface area contributed by atoms with E-state index in [1.54, 1.807) is 0 Å². The van der Waals surface area contributed by atoms with Gasteiger partial charge in [0.15, 0.2) is 4.77 Å². The fourth-order valence-corrected chi connectivity index (χ4v) is 3.80. The van der Waals surface area contributed by atoms with Gasteiger partial charge in [0.1, 0.15) is 17.4 Å². The van der Waals surface area contributed by atoms with Crippen LogP contribution in [0, 0.1) is 10.6 Å². The standard InChI is InChI=1S/C19H16FN3O2S/c20-12-5-7-13(8-6-12)23-18(25)15(17(24)22-19(23)26)16-14-4-2-1-3-11(14)9-10-21-16/h1-8,16,21,25H,9-10H2,(H,22,24,26)/p+1/t16-/m0/s1. The molecule has 2 aromatic carbocycles. The lowest BCUT2D eigenvalue weighted by Crippen LogP contribution is -2.87. The number of nitrogens with two attached hydrogens (primary N) is 1. The number of halogens is 1. The Hall–Kier alpha value is -2.77. The highest BCUT2D eigenvalue weighted by Crippen LogP contribution is 2.29. The van der Waals surface area contributed by atoms with Gasteiger partial charge in [-0.3, -0.25) is 14.3 Å². The zero-order valence-corrected chi connectivity index (χ0v) is 14.6. The van der Waals surface area contributed by atoms with Gasteiger partial charge in [0.2, 0.25) is 5.88 Å². The molecule has 4 N–H and O–H groups in total. The normalized spacial score (nSPS) is 16.3. The Labute approximate surface area is 153 Å². The Morgan fingerprint density at radius 3 is 2.69 bits per heavy atom. The summed E-state index contributed by atoms with van der Waals surface area (Å²) < 4.78 is 14.7. The number of aromatic hydroxyl groups is 1. The predicted molar refractivity (Wildman–Crippen MR) is 97.6 cm³/mol. The minimum atomic E-state index is -0.413. The number of hydrogen-bond donors (Lipinski definition) is 3. The fourth-order valence-electron chi connectivity index (χ4n) is 3.52. The van der Waals surface area contributed by atoms with Gasteiger partial charge in [0.05, 0.1) is 12.2 Å². The molecule has 7 heteroatoms. The molecule has 0 amide bonds. The Balaban J connectivity index is 1.94. The zero-order chi connectivity index (χ0) is 18.3. The number of fused-ring (bicyclic) bond motifs is 1. The molecule has 3 aromatic rings. The van der Waals surface area contributed by atoms with E-state index in [4.69, 9.17) is 12.2 Å². The van der Waals surface area contributed by atoms with Gasteiger partial charge in [-0.15, -0.1) is 0 Å². The van der Waals surface area contributed by atoms with Crippen LogP contribution in [0.1, 0.15) is 22.7 Å². The van der Waals surface area contributed by atoms with Crippen molar-refractivity contribution >= 4 is 12.2 Å². The number of benzene rings is 2. The van der Waals surface area contributed by atoms with Crippen LogP contribution in [-0.4, -0.2) is 21.2 Å². The highest BCUT2D eigenvalue weighted by molar-refractivity contribution is 7.71. The molecule has 4 rings (SSSR count). The van der Waals surface area contributed by atoms with Crippen molar-refractivity contribution in [2.45, 2.75) is 12.5 Å². The number of H-pyrrole nitrogens is 1. The molecular formula is C19H17FN3O2S+. The van der Waals surface area contributed by atoms with Crippen LogP contribution in [0.2, 0.25) is 0 Å². The smallest absolute Gasteiger partial charge is 0.265 e. The summed E-state index contributed by atoms with van der Waals surface area (Å²) in [6.45, 7) is 0.812. The van der Waals surface area contributed by atoms with Gasteiger partial charge in [-0.25, -0.2) is 4.39 Å². The van der Waals surface area contributed by atoms with E-state index in [2.05, 4.69) is 4.98 Å². The van der Waals surface area contributed by atoms with Crippen molar-refractivity contribution in [3.05, 3.63) is 86.2 Å². The van der Waals surface area contributed by atoms with E-state index in [-0.39, 0.29) is 28.1 Å². The van der Waals surface area contributed by atoms with Crippen molar-refractivity contribution < 1.29 is 14.8 Å². The molecular weight excluding hydrogens is 353 g/mol. The van der Waals surface area contributed by atoms with E-state index in [1.165, 1.54) is 28.8 Å². The minimum absolute atomic E-state index is 0.0620. The van der Waals surface area contributed by atoms with E-state index in [9.17, 15) is 14.3 Å². The molecule has 1 aromatic heterocycles. The van der Waals surface area contributed by atoms with Crippen LogP contribution in [0.3, 0.4) is 0 Å². The molecule has 0 fully saturated rings. The molecule has 5 nitrogen and oxygen atoms in total. The number of aromatic nitrogens is 2. The van der Waals surface area contributed by atoms with E-state index < -0.39 is 5.56 Å². The molecule has 2 heterocycles. The van der Waals surface area contributed by atoms with Gasteiger partial charge in [0, 0.05) is 12.0 Å². The Bertz CT molecular complexity index is 1090. The lowest BCUT2D eigenvalue weighted by atomic mass is 9.90. The van der Waals surface area contributed by atoms with Crippen LogP contribution in [0.4, 0.5) is 4.39 Å². The van der Waals surface area contributed by atoms with E-state index in [0.717, 1.165) is 24.1 Å². The molecule has 0 spiro atoms. The second-order valence-electron chi connectivity index (χ2n) is 6.26. The summed E-state index contributed by atoms with van der Waals surface area (Å²) in [5, 5.41) is 12.9. The molecule has 0 radical (unpaired) electrons. The summed E-state index contributed by atoms with van der Waals surface area (Å²) in [6.07, 6.45) is 0.905. The first-order valence-corrected chi connectivity index (χ1v) is 8.72. The fraction of sp³-hybridized carbons (Fsp3) is 0.158. The second-order valence-corrected chi connectivity index (χ2v) is 6.65. The number of quaternary nitrogens is 1. The Morgan fingerprint density at radius 2 is 1.92 bits per heavy atom. The first kappa shape index (κ1) is 16.7. The number of aromatic amines is 1. The maximum absolute atomic E-state index is 13.2. The van der Waals surface area contributed by atoms with Gasteiger partial charge in [-0.05, 0) is 42.0 Å². The largest absolute Gasteiger partial charge is 0.494 e. The molecule has 0 saturated heterocycles.